The van der Waals surface area contributed by atoms with Gasteiger partial charge in [-0.2, -0.15) is 0 Å². The number of carbonyl (C=O) groups excluding carboxylic acids is 3. The maximum absolute atomic E-state index is 13.5. The summed E-state index contributed by atoms with van der Waals surface area (Å²) < 4.78 is 10.4. The number of anilines is 1. The maximum Gasteiger partial charge on any atom is 0.408 e. The number of aromatic hydroxyl groups is 1. The summed E-state index contributed by atoms with van der Waals surface area (Å²) in [4.78, 5) is 40.4. The van der Waals surface area contributed by atoms with Crippen molar-refractivity contribution in [3.8, 4) is 11.5 Å². The van der Waals surface area contributed by atoms with Gasteiger partial charge in [0, 0.05) is 17.8 Å². The second-order valence-corrected chi connectivity index (χ2v) is 8.83. The van der Waals surface area contributed by atoms with Gasteiger partial charge in [0.2, 0.25) is 5.91 Å². The average Bonchev–Trinajstić information content (AvgIpc) is 2.78. The molecule has 0 aromatic heterocycles. The molecule has 0 aliphatic carbocycles. The number of nitrogens with one attached hydrogen (secondary N) is 2. The summed E-state index contributed by atoms with van der Waals surface area (Å²) >= 11 is 0. The van der Waals surface area contributed by atoms with Gasteiger partial charge in [-0.25, -0.2) is 4.79 Å². The van der Waals surface area contributed by atoms with E-state index in [0.29, 0.717) is 11.4 Å². The molecule has 2 atom stereocenters. The van der Waals surface area contributed by atoms with E-state index in [-0.39, 0.29) is 17.9 Å². The Morgan fingerprint density at radius 1 is 1.11 bits per heavy atom. The second kappa shape index (κ2) is 11.9. The molecule has 0 bridgehead atoms. The summed E-state index contributed by atoms with van der Waals surface area (Å²) in [5.74, 6) is -0.659. The zero-order valence-corrected chi connectivity index (χ0v) is 20.7. The molecule has 0 radical (unpaired) electrons. The zero-order chi connectivity index (χ0) is 26.2. The SMILES string of the molecule is C=CCN(C(=O)C(C)NC(=O)OC(C)(C)C)C(C(=O)Nc1ccc(OC)cc1)c1ccccc1O. The highest BCUT2D eigenvalue weighted by atomic mass is 16.6. The third-order valence-electron chi connectivity index (χ3n) is 4.86. The number of phenols is 1. The monoisotopic (exact) mass is 483 g/mol. The van der Waals surface area contributed by atoms with Crippen LogP contribution in [-0.4, -0.2) is 53.2 Å². The molecule has 35 heavy (non-hydrogen) atoms. The summed E-state index contributed by atoms with van der Waals surface area (Å²) in [6, 6.07) is 10.7. The summed E-state index contributed by atoms with van der Waals surface area (Å²) in [5, 5.41) is 15.8. The van der Waals surface area contributed by atoms with Gasteiger partial charge in [0.25, 0.3) is 5.91 Å². The van der Waals surface area contributed by atoms with Crippen LogP contribution in [0, 0.1) is 0 Å². The van der Waals surface area contributed by atoms with Gasteiger partial charge in [-0.1, -0.05) is 24.3 Å². The van der Waals surface area contributed by atoms with E-state index in [0.717, 1.165) is 0 Å². The van der Waals surface area contributed by atoms with Crippen LogP contribution >= 0.6 is 0 Å². The van der Waals surface area contributed by atoms with Crippen LogP contribution in [0.5, 0.6) is 11.5 Å². The van der Waals surface area contributed by atoms with Crippen molar-refractivity contribution in [2.24, 2.45) is 0 Å². The molecular formula is C26H33N3O6. The van der Waals surface area contributed by atoms with Gasteiger partial charge in [0.15, 0.2) is 0 Å². The average molecular weight is 484 g/mol. The lowest BCUT2D eigenvalue weighted by atomic mass is 10.0. The number of methoxy groups -OCH3 is 1. The van der Waals surface area contributed by atoms with E-state index < -0.39 is 35.6 Å². The van der Waals surface area contributed by atoms with Crippen molar-refractivity contribution >= 4 is 23.6 Å². The Kier molecular flexibility index (Phi) is 9.27. The maximum atomic E-state index is 13.5. The highest BCUT2D eigenvalue weighted by Crippen LogP contribution is 2.31. The fraction of sp³-hybridized carbons (Fsp3) is 0.346. The fourth-order valence-electron chi connectivity index (χ4n) is 3.31. The van der Waals surface area contributed by atoms with E-state index in [2.05, 4.69) is 17.2 Å². The Morgan fingerprint density at radius 2 is 1.74 bits per heavy atom. The highest BCUT2D eigenvalue weighted by molar-refractivity contribution is 5.99. The third kappa shape index (κ3) is 7.77. The number of phenolic OH excluding ortho intramolecular Hbond substituents is 1. The van der Waals surface area contributed by atoms with Crippen molar-refractivity contribution in [1.82, 2.24) is 10.2 Å². The van der Waals surface area contributed by atoms with E-state index in [1.807, 2.05) is 0 Å². The molecule has 0 fully saturated rings. The largest absolute Gasteiger partial charge is 0.508 e. The van der Waals surface area contributed by atoms with E-state index in [1.165, 1.54) is 31.1 Å². The minimum Gasteiger partial charge on any atom is -0.508 e. The van der Waals surface area contributed by atoms with Gasteiger partial charge in [-0.15, -0.1) is 6.58 Å². The number of alkyl carbamates (subject to hydrolysis) is 1. The quantitative estimate of drug-likeness (QED) is 0.464. The number of hydrogen-bond donors (Lipinski definition) is 3. The Bertz CT molecular complexity index is 1050. The number of amides is 3. The number of carbonyl (C=O) groups is 3. The lowest BCUT2D eigenvalue weighted by Gasteiger charge is -2.33. The van der Waals surface area contributed by atoms with E-state index in [9.17, 15) is 19.5 Å². The van der Waals surface area contributed by atoms with Gasteiger partial charge >= 0.3 is 6.09 Å². The van der Waals surface area contributed by atoms with Crippen LogP contribution in [-0.2, 0) is 14.3 Å². The van der Waals surface area contributed by atoms with E-state index in [4.69, 9.17) is 9.47 Å². The van der Waals surface area contributed by atoms with Crippen molar-refractivity contribution in [3.63, 3.8) is 0 Å². The van der Waals surface area contributed by atoms with Gasteiger partial charge in [0.05, 0.1) is 7.11 Å². The molecule has 0 aliphatic rings. The summed E-state index contributed by atoms with van der Waals surface area (Å²) in [5.41, 5.74) is -0.0510. The van der Waals surface area contributed by atoms with Crippen LogP contribution < -0.4 is 15.4 Å². The fourth-order valence-corrected chi connectivity index (χ4v) is 3.31. The minimum atomic E-state index is -1.22. The summed E-state index contributed by atoms with van der Waals surface area (Å²) in [7, 11) is 1.53. The molecule has 2 rings (SSSR count). The number of para-hydroxylation sites is 1. The van der Waals surface area contributed by atoms with Gasteiger partial charge in [-0.05, 0) is 58.0 Å². The predicted octanol–water partition coefficient (Wildman–Crippen LogP) is 4.01. The second-order valence-electron chi connectivity index (χ2n) is 8.83. The number of hydrogen-bond acceptors (Lipinski definition) is 6. The first-order valence-electron chi connectivity index (χ1n) is 11.1. The van der Waals surface area contributed by atoms with Crippen LogP contribution in [0.1, 0.15) is 39.3 Å². The van der Waals surface area contributed by atoms with Crippen LogP contribution in [0.25, 0.3) is 0 Å². The van der Waals surface area contributed by atoms with Crippen LogP contribution in [0.4, 0.5) is 10.5 Å². The Labute approximate surface area is 205 Å². The lowest BCUT2D eigenvalue weighted by molar-refractivity contribution is -0.139. The molecule has 0 saturated carbocycles. The molecule has 3 amide bonds. The van der Waals surface area contributed by atoms with Crippen LogP contribution in [0.3, 0.4) is 0 Å². The molecule has 0 saturated heterocycles. The molecule has 3 N–H and O–H groups in total. The van der Waals surface area contributed by atoms with Crippen LogP contribution in [0.2, 0.25) is 0 Å². The molecule has 2 aromatic rings. The molecule has 188 valence electrons. The smallest absolute Gasteiger partial charge is 0.408 e. The standard InChI is InChI=1S/C26H33N3O6/c1-7-16-29(24(32)17(2)27-25(33)35-26(3,4)5)22(20-10-8-9-11-21(20)30)23(31)28-18-12-14-19(34-6)15-13-18/h7-15,17,22,30H,1,16H2,2-6H3,(H,27,33)(H,28,31). The Hall–Kier alpha value is -4.01. The van der Waals surface area contributed by atoms with Crippen LogP contribution in [0.15, 0.2) is 61.2 Å². The number of benzene rings is 2. The molecular weight excluding hydrogens is 450 g/mol. The first-order chi connectivity index (χ1) is 16.5. The van der Waals surface area contributed by atoms with Gasteiger partial charge < -0.3 is 30.1 Å². The zero-order valence-electron chi connectivity index (χ0n) is 20.7. The highest BCUT2D eigenvalue weighted by Gasteiger charge is 2.35. The summed E-state index contributed by atoms with van der Waals surface area (Å²) in [6.07, 6.45) is 0.699. The molecule has 9 nitrogen and oxygen atoms in total. The lowest BCUT2D eigenvalue weighted by Crippen LogP contribution is -2.51. The molecule has 2 aromatic carbocycles. The Morgan fingerprint density at radius 3 is 2.29 bits per heavy atom. The first-order valence-corrected chi connectivity index (χ1v) is 11.1. The topological polar surface area (TPSA) is 117 Å². The molecule has 2 unspecified atom stereocenters. The number of ether oxygens (including phenoxy) is 2. The number of rotatable bonds is 9. The van der Waals surface area contributed by atoms with Crippen molar-refractivity contribution in [2.45, 2.75) is 45.4 Å². The Balaban J connectivity index is 2.39. The number of nitrogens with zero attached hydrogens (tertiary/aromatic N) is 1. The first kappa shape index (κ1) is 27.2. The van der Waals surface area contributed by atoms with Crippen molar-refractivity contribution in [1.29, 1.82) is 0 Å². The molecule has 0 heterocycles. The summed E-state index contributed by atoms with van der Waals surface area (Å²) in [6.45, 7) is 10.3. The molecule has 0 spiro atoms. The molecule has 9 heteroatoms. The van der Waals surface area contributed by atoms with Crippen molar-refractivity contribution in [2.75, 3.05) is 19.0 Å². The predicted molar refractivity (Wildman–Crippen MR) is 133 cm³/mol. The van der Waals surface area contributed by atoms with E-state index >= 15 is 0 Å². The van der Waals surface area contributed by atoms with E-state index in [1.54, 1.807) is 63.2 Å². The van der Waals surface area contributed by atoms with Gasteiger partial charge in [0.1, 0.15) is 29.2 Å². The minimum absolute atomic E-state index is 0.0196. The molecule has 0 aliphatic heterocycles. The van der Waals surface area contributed by atoms with Crippen molar-refractivity contribution < 1.29 is 29.0 Å². The third-order valence-corrected chi connectivity index (χ3v) is 4.86. The normalized spacial score (nSPS) is 12.6. The van der Waals surface area contributed by atoms with Gasteiger partial charge in [-0.3, -0.25) is 9.59 Å². The van der Waals surface area contributed by atoms with Crippen molar-refractivity contribution in [3.05, 3.63) is 66.7 Å².